The molecule has 98 valence electrons. The normalized spacial score (nSPS) is 19.3. The zero-order valence-electron chi connectivity index (χ0n) is 10.4. The third-order valence-corrected chi connectivity index (χ3v) is 4.50. The predicted molar refractivity (Wildman–Crippen MR) is 70.7 cm³/mol. The molecule has 1 heterocycles. The molecule has 1 fully saturated rings. The molecule has 18 heavy (non-hydrogen) atoms. The molecule has 1 atom stereocenters. The molecule has 1 aromatic heterocycles. The van der Waals surface area contributed by atoms with Crippen molar-refractivity contribution in [1.29, 1.82) is 0 Å². The van der Waals surface area contributed by atoms with Crippen LogP contribution < -0.4 is 11.1 Å². The minimum atomic E-state index is -0.782. The zero-order chi connectivity index (χ0) is 13.3. The van der Waals surface area contributed by atoms with E-state index in [1.165, 1.54) is 4.88 Å². The fraction of sp³-hybridized carbons (Fsp3) is 0.500. The van der Waals surface area contributed by atoms with E-state index in [0.717, 1.165) is 4.88 Å². The molecule has 1 amide bonds. The van der Waals surface area contributed by atoms with Gasteiger partial charge in [0.05, 0.1) is 6.04 Å². The molecule has 0 bridgehead atoms. The number of amides is 1. The van der Waals surface area contributed by atoms with Crippen molar-refractivity contribution in [3.63, 3.8) is 0 Å². The quantitative estimate of drug-likeness (QED) is 0.336. The van der Waals surface area contributed by atoms with Crippen LogP contribution in [0.4, 0.5) is 0 Å². The highest BCUT2D eigenvalue weighted by molar-refractivity contribution is 7.12. The van der Waals surface area contributed by atoms with E-state index in [-0.39, 0.29) is 17.8 Å². The Balaban J connectivity index is 2.04. The number of carbonyl (C=O) groups excluding carboxylic acids is 1. The number of nitrogens with one attached hydrogen (secondary N) is 1. The molecule has 0 aliphatic heterocycles. The van der Waals surface area contributed by atoms with Gasteiger partial charge in [-0.1, -0.05) is 5.16 Å². The first-order chi connectivity index (χ1) is 8.49. The van der Waals surface area contributed by atoms with E-state index in [2.05, 4.69) is 10.5 Å². The number of hydrogen-bond acceptors (Lipinski definition) is 4. The number of oxime groups is 1. The molecule has 1 unspecified atom stereocenters. The summed E-state index contributed by atoms with van der Waals surface area (Å²) in [5.41, 5.74) is 4.79. The fourth-order valence-corrected chi connectivity index (χ4v) is 2.79. The van der Waals surface area contributed by atoms with E-state index in [1.54, 1.807) is 11.3 Å². The first-order valence-electron chi connectivity index (χ1n) is 5.85. The lowest BCUT2D eigenvalue weighted by atomic mass is 10.0. The standard InChI is InChI=1S/C12H17N3O2S/c1-7-3-4-9(18-7)8(2)14-11(16)12(5-6-12)10(13)15-17/h3-4,8,17H,5-6H2,1-2H3,(H2,13,15)(H,14,16). The minimum Gasteiger partial charge on any atom is -0.409 e. The summed E-state index contributed by atoms with van der Waals surface area (Å²) in [6, 6.07) is 3.98. The van der Waals surface area contributed by atoms with Crippen LogP contribution in [0.1, 0.15) is 35.6 Å². The largest absolute Gasteiger partial charge is 0.409 e. The third kappa shape index (κ3) is 2.20. The molecule has 5 nitrogen and oxygen atoms in total. The molecule has 1 aromatic rings. The molecule has 0 aromatic carbocycles. The number of carbonyl (C=O) groups is 1. The van der Waals surface area contributed by atoms with Crippen LogP contribution in [0.5, 0.6) is 0 Å². The van der Waals surface area contributed by atoms with Crippen LogP contribution in [0.2, 0.25) is 0 Å². The van der Waals surface area contributed by atoms with Gasteiger partial charge in [0.1, 0.15) is 5.41 Å². The van der Waals surface area contributed by atoms with Crippen molar-refractivity contribution in [2.24, 2.45) is 16.3 Å². The maximum Gasteiger partial charge on any atom is 0.234 e. The Bertz CT molecular complexity index is 491. The average molecular weight is 267 g/mol. The molecule has 4 N–H and O–H groups in total. The van der Waals surface area contributed by atoms with Crippen LogP contribution in [0.3, 0.4) is 0 Å². The van der Waals surface area contributed by atoms with Gasteiger partial charge in [-0.25, -0.2) is 0 Å². The molecular formula is C12H17N3O2S. The highest BCUT2D eigenvalue weighted by Crippen LogP contribution is 2.46. The number of thiophene rings is 1. The van der Waals surface area contributed by atoms with Crippen molar-refractivity contribution in [1.82, 2.24) is 5.32 Å². The maximum absolute atomic E-state index is 12.1. The van der Waals surface area contributed by atoms with E-state index in [1.807, 2.05) is 26.0 Å². The van der Waals surface area contributed by atoms with Gasteiger partial charge in [-0.15, -0.1) is 11.3 Å². The van der Waals surface area contributed by atoms with Gasteiger partial charge in [-0.2, -0.15) is 0 Å². The SMILES string of the molecule is Cc1ccc(C(C)NC(=O)C2(/C(N)=N/O)CC2)s1. The summed E-state index contributed by atoms with van der Waals surface area (Å²) in [4.78, 5) is 14.5. The van der Waals surface area contributed by atoms with Crippen molar-refractivity contribution in [3.05, 3.63) is 21.9 Å². The van der Waals surface area contributed by atoms with E-state index in [0.29, 0.717) is 12.8 Å². The smallest absolute Gasteiger partial charge is 0.234 e. The Labute approximate surface area is 110 Å². The zero-order valence-corrected chi connectivity index (χ0v) is 11.3. The van der Waals surface area contributed by atoms with Crippen LogP contribution in [0.25, 0.3) is 0 Å². The van der Waals surface area contributed by atoms with Gasteiger partial charge in [0, 0.05) is 9.75 Å². The second-order valence-corrected chi connectivity index (χ2v) is 6.03. The van der Waals surface area contributed by atoms with Crippen molar-refractivity contribution < 1.29 is 10.0 Å². The molecule has 0 spiro atoms. The first-order valence-corrected chi connectivity index (χ1v) is 6.66. The van der Waals surface area contributed by atoms with Crippen LogP contribution in [-0.2, 0) is 4.79 Å². The summed E-state index contributed by atoms with van der Waals surface area (Å²) in [5.74, 6) is -0.147. The fourth-order valence-electron chi connectivity index (χ4n) is 1.91. The molecule has 6 heteroatoms. The van der Waals surface area contributed by atoms with E-state index in [4.69, 9.17) is 10.9 Å². The number of nitrogens with zero attached hydrogens (tertiary/aromatic N) is 1. The van der Waals surface area contributed by atoms with Crippen molar-refractivity contribution in [2.45, 2.75) is 32.7 Å². The summed E-state index contributed by atoms with van der Waals surface area (Å²) in [5, 5.41) is 14.6. The number of hydrogen-bond donors (Lipinski definition) is 3. The van der Waals surface area contributed by atoms with Gasteiger partial charge in [0.25, 0.3) is 0 Å². The highest BCUT2D eigenvalue weighted by Gasteiger charge is 2.54. The lowest BCUT2D eigenvalue weighted by Crippen LogP contribution is -2.41. The monoisotopic (exact) mass is 267 g/mol. The van der Waals surface area contributed by atoms with Crippen LogP contribution in [0.15, 0.2) is 17.3 Å². The third-order valence-electron chi connectivity index (χ3n) is 3.32. The number of aryl methyl sites for hydroxylation is 1. The molecule has 0 radical (unpaired) electrons. The van der Waals surface area contributed by atoms with E-state index < -0.39 is 5.41 Å². The van der Waals surface area contributed by atoms with Gasteiger partial charge in [0.2, 0.25) is 5.91 Å². The maximum atomic E-state index is 12.1. The number of nitrogens with two attached hydrogens (primary N) is 1. The first kappa shape index (κ1) is 12.9. The summed E-state index contributed by atoms with van der Waals surface area (Å²) in [6.45, 7) is 3.97. The number of amidine groups is 1. The molecule has 1 aliphatic rings. The Hall–Kier alpha value is -1.56. The topological polar surface area (TPSA) is 87.7 Å². The van der Waals surface area contributed by atoms with Crippen molar-refractivity contribution >= 4 is 23.1 Å². The summed E-state index contributed by atoms with van der Waals surface area (Å²) >= 11 is 1.66. The molecule has 1 saturated carbocycles. The molecular weight excluding hydrogens is 250 g/mol. The molecule has 1 aliphatic carbocycles. The Morgan fingerprint density at radius 2 is 2.28 bits per heavy atom. The Kier molecular flexibility index (Phi) is 3.30. The van der Waals surface area contributed by atoms with Gasteiger partial charge in [0.15, 0.2) is 5.84 Å². The van der Waals surface area contributed by atoms with Crippen LogP contribution in [0, 0.1) is 12.3 Å². The predicted octanol–water partition coefficient (Wildman–Crippen LogP) is 1.76. The lowest BCUT2D eigenvalue weighted by molar-refractivity contribution is -0.124. The molecule has 0 saturated heterocycles. The number of rotatable bonds is 4. The van der Waals surface area contributed by atoms with Gasteiger partial charge in [-0.3, -0.25) is 4.79 Å². The van der Waals surface area contributed by atoms with Crippen LogP contribution in [-0.4, -0.2) is 17.0 Å². The van der Waals surface area contributed by atoms with Crippen LogP contribution >= 0.6 is 11.3 Å². The van der Waals surface area contributed by atoms with E-state index in [9.17, 15) is 4.79 Å². The second-order valence-electron chi connectivity index (χ2n) is 4.71. The van der Waals surface area contributed by atoms with Gasteiger partial charge in [-0.05, 0) is 38.8 Å². The average Bonchev–Trinajstić information content (AvgIpc) is 3.05. The Morgan fingerprint density at radius 3 is 2.72 bits per heavy atom. The van der Waals surface area contributed by atoms with Crippen molar-refractivity contribution in [3.8, 4) is 0 Å². The highest BCUT2D eigenvalue weighted by atomic mass is 32.1. The Morgan fingerprint density at radius 1 is 1.61 bits per heavy atom. The van der Waals surface area contributed by atoms with E-state index >= 15 is 0 Å². The van der Waals surface area contributed by atoms with Gasteiger partial charge >= 0.3 is 0 Å². The minimum absolute atomic E-state index is 0.00885. The summed E-state index contributed by atoms with van der Waals surface area (Å²) in [6.07, 6.45) is 1.29. The lowest BCUT2D eigenvalue weighted by Gasteiger charge is -2.17. The summed E-state index contributed by atoms with van der Waals surface area (Å²) < 4.78 is 0. The van der Waals surface area contributed by atoms with Crippen molar-refractivity contribution in [2.75, 3.05) is 0 Å². The molecule has 2 rings (SSSR count). The van der Waals surface area contributed by atoms with Gasteiger partial charge < -0.3 is 16.3 Å². The second kappa shape index (κ2) is 4.61. The summed E-state index contributed by atoms with van der Waals surface area (Å²) in [7, 11) is 0.